The number of hydrogen-bond donors (Lipinski definition) is 1. The minimum absolute atomic E-state index is 0.0745. The fourth-order valence-electron chi connectivity index (χ4n) is 1.36. The van der Waals surface area contributed by atoms with Crippen molar-refractivity contribution < 1.29 is 18.1 Å². The van der Waals surface area contributed by atoms with Crippen LogP contribution in [-0.4, -0.2) is 20.1 Å². The number of nitrogens with one attached hydrogen (secondary N) is 1. The van der Waals surface area contributed by atoms with E-state index in [1.165, 1.54) is 6.07 Å². The maximum atomic E-state index is 12.6. The summed E-state index contributed by atoms with van der Waals surface area (Å²) in [6.45, 7) is 0. The highest BCUT2D eigenvalue weighted by Gasteiger charge is 2.35. The van der Waals surface area contributed by atoms with Crippen molar-refractivity contribution in [2.75, 3.05) is 0 Å². The zero-order valence-electron chi connectivity index (χ0n) is 8.60. The Morgan fingerprint density at radius 1 is 1.28 bits per heavy atom. The Hall–Kier alpha value is -2.45. The van der Waals surface area contributed by atoms with Crippen LogP contribution in [0.4, 0.5) is 19.0 Å². The summed E-state index contributed by atoms with van der Waals surface area (Å²) in [5.41, 5.74) is -1.14. The van der Waals surface area contributed by atoms with Crippen LogP contribution in [0.25, 0.3) is 11.3 Å². The third-order valence-electron chi connectivity index (χ3n) is 2.17. The van der Waals surface area contributed by atoms with Crippen LogP contribution in [0.1, 0.15) is 5.56 Å². The normalized spacial score (nSPS) is 11.5. The fourth-order valence-corrected chi connectivity index (χ4v) is 1.36. The van der Waals surface area contributed by atoms with E-state index in [0.29, 0.717) is 6.20 Å². The molecule has 2 heterocycles. The third kappa shape index (κ3) is 2.14. The number of hydrogen-bond acceptors (Lipinski definition) is 4. The predicted molar refractivity (Wildman–Crippen MR) is 53.5 cm³/mol. The molecule has 2 aromatic heterocycles. The second kappa shape index (κ2) is 4.09. The van der Waals surface area contributed by atoms with Gasteiger partial charge in [0, 0.05) is 11.6 Å². The number of pyridine rings is 1. The van der Waals surface area contributed by atoms with E-state index in [4.69, 9.17) is 0 Å². The molecule has 0 unspecified atom stereocenters. The highest BCUT2D eigenvalue weighted by molar-refractivity contribution is 5.62. The van der Waals surface area contributed by atoms with Gasteiger partial charge in [0.15, 0.2) is 0 Å². The van der Waals surface area contributed by atoms with E-state index in [-0.39, 0.29) is 11.3 Å². The van der Waals surface area contributed by atoms with Gasteiger partial charge in [0.25, 0.3) is 0 Å². The summed E-state index contributed by atoms with van der Waals surface area (Å²) in [6, 6.07) is 2.20. The predicted octanol–water partition coefficient (Wildman–Crippen LogP) is 2.40. The van der Waals surface area contributed by atoms with Crippen molar-refractivity contribution in [1.82, 2.24) is 15.2 Å². The highest BCUT2D eigenvalue weighted by atomic mass is 19.4. The SMILES string of the molecule is O=[N+]([O-])c1ccc(-c2[nH]ncc2C(F)(F)F)cn1. The minimum Gasteiger partial charge on any atom is -0.358 e. The molecule has 0 saturated carbocycles. The van der Waals surface area contributed by atoms with Gasteiger partial charge in [-0.25, -0.2) is 0 Å². The molecule has 0 amide bonds. The van der Waals surface area contributed by atoms with E-state index in [0.717, 1.165) is 12.3 Å². The first-order valence-electron chi connectivity index (χ1n) is 4.61. The average Bonchev–Trinajstić information content (AvgIpc) is 2.77. The van der Waals surface area contributed by atoms with E-state index in [1.807, 2.05) is 0 Å². The van der Waals surface area contributed by atoms with E-state index in [1.54, 1.807) is 0 Å². The van der Waals surface area contributed by atoms with Gasteiger partial charge >= 0.3 is 12.0 Å². The number of aromatic amines is 1. The van der Waals surface area contributed by atoms with E-state index < -0.39 is 22.5 Å². The summed E-state index contributed by atoms with van der Waals surface area (Å²) in [4.78, 5) is 13.1. The summed E-state index contributed by atoms with van der Waals surface area (Å²) >= 11 is 0. The van der Waals surface area contributed by atoms with Crippen LogP contribution in [0.5, 0.6) is 0 Å². The van der Waals surface area contributed by atoms with Crippen LogP contribution >= 0.6 is 0 Å². The Morgan fingerprint density at radius 2 is 2.00 bits per heavy atom. The van der Waals surface area contributed by atoms with Gasteiger partial charge in [-0.2, -0.15) is 18.3 Å². The molecule has 94 valence electrons. The van der Waals surface area contributed by atoms with Gasteiger partial charge in [-0.3, -0.25) is 5.10 Å². The second-order valence-corrected chi connectivity index (χ2v) is 3.32. The Kier molecular flexibility index (Phi) is 2.73. The Labute approximate surface area is 97.6 Å². The zero-order chi connectivity index (χ0) is 13.3. The first-order valence-corrected chi connectivity index (χ1v) is 4.61. The maximum Gasteiger partial charge on any atom is 0.420 e. The second-order valence-electron chi connectivity index (χ2n) is 3.32. The lowest BCUT2D eigenvalue weighted by molar-refractivity contribution is -0.389. The van der Waals surface area contributed by atoms with Gasteiger partial charge in [-0.15, -0.1) is 0 Å². The molecule has 0 saturated heterocycles. The average molecular weight is 258 g/mol. The zero-order valence-corrected chi connectivity index (χ0v) is 8.60. The van der Waals surface area contributed by atoms with Crippen LogP contribution in [0.15, 0.2) is 24.5 Å². The molecule has 0 fully saturated rings. The lowest BCUT2D eigenvalue weighted by Crippen LogP contribution is -2.05. The first-order chi connectivity index (χ1) is 8.39. The highest BCUT2D eigenvalue weighted by Crippen LogP contribution is 2.35. The number of halogens is 3. The van der Waals surface area contributed by atoms with Crippen LogP contribution in [0.2, 0.25) is 0 Å². The van der Waals surface area contributed by atoms with Gasteiger partial charge in [0.1, 0.15) is 11.8 Å². The molecule has 0 bridgehead atoms. The van der Waals surface area contributed by atoms with Gasteiger partial charge in [0.05, 0.1) is 11.9 Å². The number of rotatable bonds is 2. The van der Waals surface area contributed by atoms with Crippen LogP contribution in [-0.2, 0) is 6.18 Å². The Bertz CT molecular complexity index is 576. The van der Waals surface area contributed by atoms with E-state index >= 15 is 0 Å². The molecule has 0 aliphatic heterocycles. The van der Waals surface area contributed by atoms with Crippen molar-refractivity contribution in [3.63, 3.8) is 0 Å². The molecule has 0 spiro atoms. The Morgan fingerprint density at radius 3 is 2.50 bits per heavy atom. The summed E-state index contributed by atoms with van der Waals surface area (Å²) in [5, 5.41) is 15.9. The Balaban J connectivity index is 2.44. The molecule has 2 rings (SSSR count). The number of H-pyrrole nitrogens is 1. The minimum atomic E-state index is -4.55. The van der Waals surface area contributed by atoms with Crippen molar-refractivity contribution in [1.29, 1.82) is 0 Å². The summed E-state index contributed by atoms with van der Waals surface area (Å²) in [5.74, 6) is -0.438. The van der Waals surface area contributed by atoms with E-state index in [9.17, 15) is 23.3 Å². The van der Waals surface area contributed by atoms with Crippen molar-refractivity contribution in [3.8, 4) is 11.3 Å². The standard InChI is InChI=1S/C9H5F3N4O2/c10-9(11,12)6-4-14-15-8(6)5-1-2-7(13-3-5)16(17)18/h1-4H,(H,14,15). The summed E-state index contributed by atoms with van der Waals surface area (Å²) < 4.78 is 37.8. The molecule has 0 radical (unpaired) electrons. The van der Waals surface area contributed by atoms with Crippen molar-refractivity contribution in [2.45, 2.75) is 6.18 Å². The smallest absolute Gasteiger partial charge is 0.358 e. The van der Waals surface area contributed by atoms with Crippen LogP contribution in [0, 0.1) is 10.1 Å². The molecular weight excluding hydrogens is 253 g/mol. The molecule has 0 aliphatic rings. The number of alkyl halides is 3. The molecule has 0 aromatic carbocycles. The van der Waals surface area contributed by atoms with Gasteiger partial charge in [-0.05, 0) is 16.0 Å². The monoisotopic (exact) mass is 258 g/mol. The first kappa shape index (κ1) is 12.0. The topological polar surface area (TPSA) is 84.7 Å². The van der Waals surface area contributed by atoms with Gasteiger partial charge in [-0.1, -0.05) is 0 Å². The number of nitrogens with zero attached hydrogens (tertiary/aromatic N) is 3. The largest absolute Gasteiger partial charge is 0.420 e. The summed E-state index contributed by atoms with van der Waals surface area (Å²) in [7, 11) is 0. The molecule has 6 nitrogen and oxygen atoms in total. The van der Waals surface area contributed by atoms with Crippen LogP contribution in [0.3, 0.4) is 0 Å². The van der Waals surface area contributed by atoms with Crippen molar-refractivity contribution in [2.24, 2.45) is 0 Å². The van der Waals surface area contributed by atoms with E-state index in [2.05, 4.69) is 15.2 Å². The maximum absolute atomic E-state index is 12.6. The lowest BCUT2D eigenvalue weighted by atomic mass is 10.1. The summed E-state index contributed by atoms with van der Waals surface area (Å²) in [6.07, 6.45) is -2.91. The number of nitro groups is 1. The number of aromatic nitrogens is 3. The molecule has 9 heteroatoms. The fraction of sp³-hybridized carbons (Fsp3) is 0.111. The molecule has 0 atom stereocenters. The third-order valence-corrected chi connectivity index (χ3v) is 2.17. The quantitative estimate of drug-likeness (QED) is 0.662. The van der Waals surface area contributed by atoms with Gasteiger partial charge < -0.3 is 10.1 Å². The molecule has 2 aromatic rings. The molecule has 18 heavy (non-hydrogen) atoms. The van der Waals surface area contributed by atoms with Crippen molar-refractivity contribution in [3.05, 3.63) is 40.2 Å². The molecular formula is C9H5F3N4O2. The lowest BCUT2D eigenvalue weighted by Gasteiger charge is -2.05. The van der Waals surface area contributed by atoms with Crippen molar-refractivity contribution >= 4 is 5.82 Å². The molecule has 0 aliphatic carbocycles. The van der Waals surface area contributed by atoms with Crippen LogP contribution < -0.4 is 0 Å². The molecule has 1 N–H and O–H groups in total. The van der Waals surface area contributed by atoms with Gasteiger partial charge in [0.2, 0.25) is 0 Å².